The van der Waals surface area contributed by atoms with Gasteiger partial charge in [-0.3, -0.25) is 9.36 Å². The molecule has 6 rings (SSSR count). The zero-order chi connectivity index (χ0) is 24.8. The number of hydrogen-bond donors (Lipinski definition) is 1. The Morgan fingerprint density at radius 3 is 2.78 bits per heavy atom. The Morgan fingerprint density at radius 2 is 2.00 bits per heavy atom. The molecule has 6 nitrogen and oxygen atoms in total. The Labute approximate surface area is 210 Å². The first kappa shape index (κ1) is 22.7. The van der Waals surface area contributed by atoms with Crippen molar-refractivity contribution in [1.82, 2.24) is 9.55 Å². The van der Waals surface area contributed by atoms with E-state index in [2.05, 4.69) is 47.9 Å². The molecule has 0 bridgehead atoms. The summed E-state index contributed by atoms with van der Waals surface area (Å²) < 4.78 is 13.6. The number of imidazole rings is 1. The molecule has 2 heterocycles. The van der Waals surface area contributed by atoms with E-state index < -0.39 is 5.97 Å². The van der Waals surface area contributed by atoms with Crippen LogP contribution >= 0.6 is 0 Å². The number of methoxy groups -OCH3 is 1. The predicted molar refractivity (Wildman–Crippen MR) is 139 cm³/mol. The van der Waals surface area contributed by atoms with E-state index in [1.807, 2.05) is 18.2 Å². The molecule has 1 aliphatic carbocycles. The van der Waals surface area contributed by atoms with Crippen LogP contribution in [0.4, 0.5) is 0 Å². The maximum atomic E-state index is 11.1. The first-order valence-electron chi connectivity index (χ1n) is 12.6. The normalized spacial score (nSPS) is 16.7. The molecule has 0 radical (unpaired) electrons. The lowest BCUT2D eigenvalue weighted by molar-refractivity contribution is -0.137. The van der Waals surface area contributed by atoms with Crippen LogP contribution in [0.5, 0.6) is 11.5 Å². The second-order valence-corrected chi connectivity index (χ2v) is 9.97. The summed E-state index contributed by atoms with van der Waals surface area (Å²) in [5, 5.41) is 9.15. The van der Waals surface area contributed by atoms with Crippen molar-refractivity contribution in [3.63, 3.8) is 0 Å². The second-order valence-electron chi connectivity index (χ2n) is 9.97. The summed E-state index contributed by atoms with van der Waals surface area (Å²) in [6, 6.07) is 18.9. The highest BCUT2D eigenvalue weighted by molar-refractivity contribution is 5.80. The molecule has 0 unspecified atom stereocenters. The van der Waals surface area contributed by atoms with Crippen LogP contribution in [0.1, 0.15) is 59.2 Å². The van der Waals surface area contributed by atoms with Gasteiger partial charge in [-0.1, -0.05) is 24.3 Å². The van der Waals surface area contributed by atoms with Gasteiger partial charge in [0, 0.05) is 23.5 Å². The molecular formula is C30H30N2O4. The van der Waals surface area contributed by atoms with E-state index in [0.717, 1.165) is 46.8 Å². The largest absolute Gasteiger partial charge is 0.497 e. The van der Waals surface area contributed by atoms with Crippen LogP contribution in [0.3, 0.4) is 0 Å². The fourth-order valence-corrected chi connectivity index (χ4v) is 5.39. The number of fused-ring (bicyclic) bond motifs is 2. The van der Waals surface area contributed by atoms with Crippen LogP contribution in [-0.2, 0) is 17.6 Å². The molecule has 1 fully saturated rings. The maximum absolute atomic E-state index is 11.1. The van der Waals surface area contributed by atoms with Crippen LogP contribution in [-0.4, -0.2) is 34.3 Å². The van der Waals surface area contributed by atoms with Gasteiger partial charge in [0.25, 0.3) is 0 Å². The molecule has 4 aromatic rings. The van der Waals surface area contributed by atoms with Gasteiger partial charge in [-0.2, -0.15) is 0 Å². The summed E-state index contributed by atoms with van der Waals surface area (Å²) in [6.07, 6.45) is 4.29. The number of nitrogens with zero attached hydrogens (tertiary/aromatic N) is 2. The molecule has 1 aliphatic heterocycles. The van der Waals surface area contributed by atoms with Crippen molar-refractivity contribution in [3.05, 3.63) is 82.7 Å². The molecule has 0 saturated heterocycles. The van der Waals surface area contributed by atoms with Crippen molar-refractivity contribution in [1.29, 1.82) is 0 Å². The van der Waals surface area contributed by atoms with Crippen molar-refractivity contribution >= 4 is 17.0 Å². The summed E-state index contributed by atoms with van der Waals surface area (Å²) in [5.74, 6) is 2.47. The first-order chi connectivity index (χ1) is 17.5. The van der Waals surface area contributed by atoms with Crippen molar-refractivity contribution in [2.75, 3.05) is 13.7 Å². The molecule has 184 valence electrons. The van der Waals surface area contributed by atoms with Crippen molar-refractivity contribution < 1.29 is 19.4 Å². The summed E-state index contributed by atoms with van der Waals surface area (Å²) in [7, 11) is 1.69. The molecule has 36 heavy (non-hydrogen) atoms. The van der Waals surface area contributed by atoms with Gasteiger partial charge in [-0.25, -0.2) is 4.98 Å². The SMILES string of the molecule is COc1ccc2c(c1)nc(C1CC1)n2-c1cccc(CCc2ccc3c(c2)OC[C@H]3CC(=O)O)c1C. The standard InChI is InChI=1S/C30H30N2O4/c1-18-20(8-6-19-7-12-24-22(15-29(33)34)17-36-28(24)14-19)4-3-5-26(18)32-27-13-11-23(35-2)16-25(27)31-30(32)21-9-10-21/h3-5,7,11-14,16,21-22H,6,8-10,15,17H2,1-2H3,(H,33,34)/t22-/m1/s1. The quantitative estimate of drug-likeness (QED) is 0.336. The van der Waals surface area contributed by atoms with E-state index in [0.29, 0.717) is 12.5 Å². The number of aryl methyl sites for hydroxylation is 2. The average molecular weight is 483 g/mol. The molecule has 1 saturated carbocycles. The molecule has 1 atom stereocenters. The van der Waals surface area contributed by atoms with E-state index >= 15 is 0 Å². The van der Waals surface area contributed by atoms with Gasteiger partial charge in [0.05, 0.1) is 36.9 Å². The summed E-state index contributed by atoms with van der Waals surface area (Å²) >= 11 is 0. The van der Waals surface area contributed by atoms with Crippen molar-refractivity contribution in [2.24, 2.45) is 0 Å². The van der Waals surface area contributed by atoms with E-state index in [4.69, 9.17) is 19.6 Å². The second kappa shape index (κ2) is 9.01. The molecular weight excluding hydrogens is 452 g/mol. The number of carboxylic acids is 1. The number of ether oxygens (including phenoxy) is 2. The van der Waals surface area contributed by atoms with Gasteiger partial charge in [0.15, 0.2) is 0 Å². The highest BCUT2D eigenvalue weighted by Crippen LogP contribution is 2.43. The predicted octanol–water partition coefficient (Wildman–Crippen LogP) is 5.96. The highest BCUT2D eigenvalue weighted by Gasteiger charge is 2.31. The Bertz CT molecular complexity index is 1470. The molecule has 6 heteroatoms. The molecule has 0 amide bonds. The lowest BCUT2D eigenvalue weighted by Crippen LogP contribution is -2.07. The minimum Gasteiger partial charge on any atom is -0.497 e. The monoisotopic (exact) mass is 482 g/mol. The zero-order valence-corrected chi connectivity index (χ0v) is 20.7. The number of benzene rings is 3. The smallest absolute Gasteiger partial charge is 0.304 e. The van der Waals surface area contributed by atoms with E-state index in [1.165, 1.54) is 35.2 Å². The maximum Gasteiger partial charge on any atom is 0.304 e. The minimum atomic E-state index is -0.787. The van der Waals surface area contributed by atoms with Gasteiger partial charge in [0.1, 0.15) is 17.3 Å². The van der Waals surface area contributed by atoms with Crippen LogP contribution in [0.2, 0.25) is 0 Å². The van der Waals surface area contributed by atoms with Gasteiger partial charge < -0.3 is 14.6 Å². The topological polar surface area (TPSA) is 73.6 Å². The zero-order valence-electron chi connectivity index (χ0n) is 20.7. The third kappa shape index (κ3) is 4.11. The molecule has 1 N–H and O–H groups in total. The Balaban J connectivity index is 1.28. The fraction of sp³-hybridized carbons (Fsp3) is 0.333. The summed E-state index contributed by atoms with van der Waals surface area (Å²) in [5.41, 5.74) is 8.08. The number of aliphatic carboxylic acids is 1. The highest BCUT2D eigenvalue weighted by atomic mass is 16.5. The van der Waals surface area contributed by atoms with Gasteiger partial charge >= 0.3 is 5.97 Å². The lowest BCUT2D eigenvalue weighted by Gasteiger charge is -2.16. The Hall–Kier alpha value is -3.80. The van der Waals surface area contributed by atoms with Gasteiger partial charge in [-0.15, -0.1) is 0 Å². The van der Waals surface area contributed by atoms with Crippen LogP contribution in [0.15, 0.2) is 54.6 Å². The molecule has 0 spiro atoms. The molecule has 3 aromatic carbocycles. The fourth-order valence-electron chi connectivity index (χ4n) is 5.39. The van der Waals surface area contributed by atoms with Gasteiger partial charge in [0.2, 0.25) is 0 Å². The number of aromatic nitrogens is 2. The van der Waals surface area contributed by atoms with Crippen molar-refractivity contribution in [2.45, 2.75) is 50.9 Å². The summed E-state index contributed by atoms with van der Waals surface area (Å²) in [4.78, 5) is 16.1. The molecule has 2 aliphatic rings. The Morgan fingerprint density at radius 1 is 1.14 bits per heavy atom. The third-order valence-electron chi connectivity index (χ3n) is 7.55. The third-order valence-corrected chi connectivity index (χ3v) is 7.55. The van der Waals surface area contributed by atoms with E-state index in [9.17, 15) is 4.79 Å². The van der Waals surface area contributed by atoms with E-state index in [-0.39, 0.29) is 12.3 Å². The van der Waals surface area contributed by atoms with E-state index in [1.54, 1.807) is 7.11 Å². The van der Waals surface area contributed by atoms with Gasteiger partial charge in [-0.05, 0) is 73.6 Å². The summed E-state index contributed by atoms with van der Waals surface area (Å²) in [6.45, 7) is 2.65. The van der Waals surface area contributed by atoms with Crippen LogP contribution in [0, 0.1) is 6.92 Å². The Kier molecular flexibility index (Phi) is 5.67. The van der Waals surface area contributed by atoms with Crippen LogP contribution < -0.4 is 9.47 Å². The molecule has 1 aromatic heterocycles. The first-order valence-corrected chi connectivity index (χ1v) is 12.6. The number of carboxylic acid groups (broad SMARTS) is 1. The van der Waals surface area contributed by atoms with Crippen LogP contribution in [0.25, 0.3) is 16.7 Å². The van der Waals surface area contributed by atoms with Crippen molar-refractivity contribution in [3.8, 4) is 17.2 Å². The number of rotatable bonds is 8. The average Bonchev–Trinajstić information content (AvgIpc) is 3.55. The lowest BCUT2D eigenvalue weighted by atomic mass is 9.94. The number of hydrogen-bond acceptors (Lipinski definition) is 4. The minimum absolute atomic E-state index is 0.0592. The number of carbonyl (C=O) groups is 1.